The summed E-state index contributed by atoms with van der Waals surface area (Å²) in [6.45, 7) is 0.938. The van der Waals surface area contributed by atoms with Crippen molar-refractivity contribution < 1.29 is 4.79 Å². The van der Waals surface area contributed by atoms with Crippen LogP contribution in [0.15, 0.2) is 42.5 Å². The van der Waals surface area contributed by atoms with Crippen LogP contribution in [0.25, 0.3) is 10.8 Å². The van der Waals surface area contributed by atoms with E-state index in [0.717, 1.165) is 35.8 Å². The van der Waals surface area contributed by atoms with Gasteiger partial charge in [-0.25, -0.2) is 0 Å². The van der Waals surface area contributed by atoms with E-state index in [9.17, 15) is 4.79 Å². The Morgan fingerprint density at radius 2 is 2.00 bits per heavy atom. The van der Waals surface area contributed by atoms with Gasteiger partial charge in [0.2, 0.25) is 5.91 Å². The van der Waals surface area contributed by atoms with Gasteiger partial charge in [0.05, 0.1) is 6.04 Å². The number of hydrogen-bond donors (Lipinski definition) is 2. The highest BCUT2D eigenvalue weighted by atomic mass is 16.2. The van der Waals surface area contributed by atoms with Gasteiger partial charge in [0.25, 0.3) is 0 Å². The summed E-state index contributed by atoms with van der Waals surface area (Å²) in [5, 5.41) is 8.48. The van der Waals surface area contributed by atoms with Gasteiger partial charge in [0.15, 0.2) is 0 Å². The molecule has 1 unspecified atom stereocenters. The predicted octanol–water partition coefficient (Wildman–Crippen LogP) is 2.53. The first-order chi connectivity index (χ1) is 8.84. The van der Waals surface area contributed by atoms with E-state index < -0.39 is 0 Å². The fraction of sp³-hybridized carbons (Fsp3) is 0.267. The van der Waals surface area contributed by atoms with Crippen LogP contribution >= 0.6 is 0 Å². The third-order valence-corrected chi connectivity index (χ3v) is 3.42. The quantitative estimate of drug-likeness (QED) is 0.847. The Bertz CT molecular complexity index is 568. The van der Waals surface area contributed by atoms with Crippen molar-refractivity contribution in [3.8, 4) is 0 Å². The smallest absolute Gasteiger partial charge is 0.241 e. The molecule has 3 rings (SSSR count). The lowest BCUT2D eigenvalue weighted by Crippen LogP contribution is -2.35. The number of nitrogens with one attached hydrogen (secondary N) is 2. The zero-order valence-electron chi connectivity index (χ0n) is 10.1. The molecule has 92 valence electrons. The van der Waals surface area contributed by atoms with E-state index >= 15 is 0 Å². The highest BCUT2D eigenvalue weighted by Crippen LogP contribution is 2.23. The molecule has 1 aliphatic heterocycles. The van der Waals surface area contributed by atoms with Gasteiger partial charge in [-0.2, -0.15) is 0 Å². The van der Waals surface area contributed by atoms with E-state index in [1.807, 2.05) is 30.3 Å². The third kappa shape index (κ3) is 2.09. The third-order valence-electron chi connectivity index (χ3n) is 3.42. The molecule has 0 saturated carbocycles. The van der Waals surface area contributed by atoms with Crippen molar-refractivity contribution >= 4 is 22.4 Å². The van der Waals surface area contributed by atoms with Crippen molar-refractivity contribution in [1.29, 1.82) is 0 Å². The number of carbonyl (C=O) groups excluding carboxylic acids is 1. The van der Waals surface area contributed by atoms with E-state index in [4.69, 9.17) is 0 Å². The number of fused-ring (bicyclic) bond motifs is 1. The Kier molecular flexibility index (Phi) is 2.99. The standard InChI is InChI=1S/C15H16N2O/c18-15(14-9-4-10-16-14)17-13-8-3-6-11-5-1-2-7-12(11)13/h1-3,5-8,14,16H,4,9-10H2,(H,17,18). The SMILES string of the molecule is O=C(Nc1cccc2ccccc12)C1CCCN1. The molecule has 1 aliphatic rings. The summed E-state index contributed by atoms with van der Waals surface area (Å²) in [5.41, 5.74) is 0.895. The van der Waals surface area contributed by atoms with Crippen LogP contribution in [0.1, 0.15) is 12.8 Å². The molecule has 0 aromatic heterocycles. The van der Waals surface area contributed by atoms with Crippen LogP contribution in [-0.2, 0) is 4.79 Å². The van der Waals surface area contributed by atoms with Crippen molar-refractivity contribution in [2.45, 2.75) is 18.9 Å². The van der Waals surface area contributed by atoms with Crippen LogP contribution in [-0.4, -0.2) is 18.5 Å². The molecule has 18 heavy (non-hydrogen) atoms. The topological polar surface area (TPSA) is 41.1 Å². The summed E-state index contributed by atoms with van der Waals surface area (Å²) < 4.78 is 0. The lowest BCUT2D eigenvalue weighted by Gasteiger charge is -2.12. The summed E-state index contributed by atoms with van der Waals surface area (Å²) >= 11 is 0. The Morgan fingerprint density at radius 3 is 2.83 bits per heavy atom. The average Bonchev–Trinajstić information content (AvgIpc) is 2.93. The normalized spacial score (nSPS) is 19.0. The van der Waals surface area contributed by atoms with Crippen molar-refractivity contribution in [3.63, 3.8) is 0 Å². The van der Waals surface area contributed by atoms with Gasteiger partial charge >= 0.3 is 0 Å². The summed E-state index contributed by atoms with van der Waals surface area (Å²) in [6.07, 6.45) is 2.00. The van der Waals surface area contributed by atoms with E-state index in [1.54, 1.807) is 0 Å². The zero-order chi connectivity index (χ0) is 12.4. The number of benzene rings is 2. The maximum absolute atomic E-state index is 12.1. The molecule has 3 nitrogen and oxygen atoms in total. The molecule has 0 aliphatic carbocycles. The van der Waals surface area contributed by atoms with E-state index in [2.05, 4.69) is 22.8 Å². The van der Waals surface area contributed by atoms with Crippen molar-refractivity contribution in [1.82, 2.24) is 5.32 Å². The minimum Gasteiger partial charge on any atom is -0.324 e. The average molecular weight is 240 g/mol. The molecule has 1 fully saturated rings. The van der Waals surface area contributed by atoms with Crippen LogP contribution in [0.5, 0.6) is 0 Å². The van der Waals surface area contributed by atoms with Gasteiger partial charge in [-0.1, -0.05) is 36.4 Å². The molecule has 1 amide bonds. The van der Waals surface area contributed by atoms with Crippen molar-refractivity contribution in [2.75, 3.05) is 11.9 Å². The van der Waals surface area contributed by atoms with Gasteiger partial charge in [-0.3, -0.25) is 4.79 Å². The van der Waals surface area contributed by atoms with Crippen molar-refractivity contribution in [3.05, 3.63) is 42.5 Å². The van der Waals surface area contributed by atoms with E-state index in [1.165, 1.54) is 0 Å². The van der Waals surface area contributed by atoms with E-state index in [0.29, 0.717) is 0 Å². The molecule has 1 saturated heterocycles. The Balaban J connectivity index is 1.88. The number of hydrogen-bond acceptors (Lipinski definition) is 2. The monoisotopic (exact) mass is 240 g/mol. The second-order valence-electron chi connectivity index (χ2n) is 4.66. The number of rotatable bonds is 2. The second-order valence-corrected chi connectivity index (χ2v) is 4.66. The maximum Gasteiger partial charge on any atom is 0.241 e. The van der Waals surface area contributed by atoms with Crippen LogP contribution in [0.4, 0.5) is 5.69 Å². The molecule has 3 heteroatoms. The molecule has 0 spiro atoms. The molecule has 0 radical (unpaired) electrons. The molecule has 0 bridgehead atoms. The predicted molar refractivity (Wildman–Crippen MR) is 73.6 cm³/mol. The van der Waals surface area contributed by atoms with E-state index in [-0.39, 0.29) is 11.9 Å². The summed E-state index contributed by atoms with van der Waals surface area (Å²) in [7, 11) is 0. The van der Waals surface area contributed by atoms with Crippen molar-refractivity contribution in [2.24, 2.45) is 0 Å². The fourth-order valence-electron chi connectivity index (χ4n) is 2.46. The van der Waals surface area contributed by atoms with Gasteiger partial charge in [-0.15, -0.1) is 0 Å². The number of anilines is 1. The van der Waals surface area contributed by atoms with Crippen LogP contribution < -0.4 is 10.6 Å². The Morgan fingerprint density at radius 1 is 1.17 bits per heavy atom. The van der Waals surface area contributed by atoms with Gasteiger partial charge in [-0.05, 0) is 30.8 Å². The molecule has 1 heterocycles. The lowest BCUT2D eigenvalue weighted by atomic mass is 10.1. The lowest BCUT2D eigenvalue weighted by molar-refractivity contribution is -0.117. The minimum atomic E-state index is -0.0380. The molecule has 2 N–H and O–H groups in total. The zero-order valence-corrected chi connectivity index (χ0v) is 10.1. The van der Waals surface area contributed by atoms with Crippen LogP contribution in [0.2, 0.25) is 0 Å². The molecule has 1 atom stereocenters. The largest absolute Gasteiger partial charge is 0.324 e. The number of carbonyl (C=O) groups is 1. The van der Waals surface area contributed by atoms with Gasteiger partial charge in [0, 0.05) is 11.1 Å². The minimum absolute atomic E-state index is 0.0380. The first kappa shape index (κ1) is 11.2. The van der Waals surface area contributed by atoms with Gasteiger partial charge < -0.3 is 10.6 Å². The maximum atomic E-state index is 12.1. The molecule has 2 aromatic carbocycles. The summed E-state index contributed by atoms with van der Waals surface area (Å²) in [5.74, 6) is 0.0730. The highest BCUT2D eigenvalue weighted by molar-refractivity contribution is 6.03. The Labute approximate surface area is 106 Å². The summed E-state index contributed by atoms with van der Waals surface area (Å²) in [6, 6.07) is 14.0. The van der Waals surface area contributed by atoms with Crippen LogP contribution in [0, 0.1) is 0 Å². The first-order valence-electron chi connectivity index (χ1n) is 6.36. The molecular weight excluding hydrogens is 224 g/mol. The fourth-order valence-corrected chi connectivity index (χ4v) is 2.46. The Hall–Kier alpha value is -1.87. The van der Waals surface area contributed by atoms with Gasteiger partial charge in [0.1, 0.15) is 0 Å². The summed E-state index contributed by atoms with van der Waals surface area (Å²) in [4.78, 5) is 12.1. The number of amides is 1. The molecular formula is C15H16N2O. The highest BCUT2D eigenvalue weighted by Gasteiger charge is 2.22. The molecule has 2 aromatic rings. The first-order valence-corrected chi connectivity index (χ1v) is 6.36. The second kappa shape index (κ2) is 4.78. The van der Waals surface area contributed by atoms with Crippen LogP contribution in [0.3, 0.4) is 0 Å².